The van der Waals surface area contributed by atoms with Gasteiger partial charge >= 0.3 is 6.03 Å². The van der Waals surface area contributed by atoms with Gasteiger partial charge in [-0.2, -0.15) is 5.26 Å². The Labute approximate surface area is 151 Å². The molecule has 7 heteroatoms. The molecule has 1 fully saturated rings. The van der Waals surface area contributed by atoms with Crippen LogP contribution in [0.4, 0.5) is 16.3 Å². The van der Waals surface area contributed by atoms with E-state index in [0.717, 1.165) is 5.56 Å². The number of halogens is 1. The second-order valence-electron chi connectivity index (χ2n) is 5.85. The molecule has 6 nitrogen and oxygen atoms in total. The molecular weight excluding hydrogens is 338 g/mol. The van der Waals surface area contributed by atoms with Crippen molar-refractivity contribution < 1.29 is 4.79 Å². The lowest BCUT2D eigenvalue weighted by atomic mass is 10.2. The first-order chi connectivity index (χ1) is 12.1. The van der Waals surface area contributed by atoms with Crippen molar-refractivity contribution in [1.29, 1.82) is 5.26 Å². The summed E-state index contributed by atoms with van der Waals surface area (Å²) in [5.41, 5.74) is 2.20. The van der Waals surface area contributed by atoms with Gasteiger partial charge in [0, 0.05) is 43.1 Å². The summed E-state index contributed by atoms with van der Waals surface area (Å²) in [6.45, 7) is 4.31. The molecule has 0 aliphatic carbocycles. The SMILES string of the molecule is Cc1ccc(NC(=O)N2CCN(c3ncccc3C#N)CC2)cc1Cl. The molecule has 0 saturated carbocycles. The number of rotatable bonds is 2. The predicted molar refractivity (Wildman–Crippen MR) is 97.9 cm³/mol. The number of aryl methyl sites for hydroxylation is 1. The molecule has 0 atom stereocenters. The van der Waals surface area contributed by atoms with Crippen LogP contribution in [0.2, 0.25) is 5.02 Å². The number of carbonyl (C=O) groups excluding carboxylic acids is 1. The Morgan fingerprint density at radius 1 is 1.28 bits per heavy atom. The lowest BCUT2D eigenvalue weighted by Crippen LogP contribution is -2.50. The van der Waals surface area contributed by atoms with Crippen LogP contribution >= 0.6 is 11.6 Å². The third-order valence-electron chi connectivity index (χ3n) is 4.20. The van der Waals surface area contributed by atoms with Crippen LogP contribution in [0.25, 0.3) is 0 Å². The van der Waals surface area contributed by atoms with Gasteiger partial charge in [-0.15, -0.1) is 0 Å². The summed E-state index contributed by atoms with van der Waals surface area (Å²) in [6.07, 6.45) is 1.68. The average molecular weight is 356 g/mol. The number of hydrogen-bond donors (Lipinski definition) is 1. The van der Waals surface area contributed by atoms with Crippen molar-refractivity contribution in [2.45, 2.75) is 6.92 Å². The summed E-state index contributed by atoms with van der Waals surface area (Å²) in [5.74, 6) is 0.676. The number of urea groups is 1. The van der Waals surface area contributed by atoms with Crippen LogP contribution in [-0.4, -0.2) is 42.1 Å². The van der Waals surface area contributed by atoms with Crippen molar-refractivity contribution >= 4 is 29.1 Å². The quantitative estimate of drug-likeness (QED) is 0.897. The fourth-order valence-electron chi connectivity index (χ4n) is 2.73. The van der Waals surface area contributed by atoms with Crippen molar-refractivity contribution in [1.82, 2.24) is 9.88 Å². The van der Waals surface area contributed by atoms with Gasteiger partial charge in [0.2, 0.25) is 0 Å². The van der Waals surface area contributed by atoms with Gasteiger partial charge in [0.15, 0.2) is 0 Å². The van der Waals surface area contributed by atoms with Crippen molar-refractivity contribution in [3.8, 4) is 6.07 Å². The van der Waals surface area contributed by atoms with Crippen LogP contribution in [0.1, 0.15) is 11.1 Å². The summed E-state index contributed by atoms with van der Waals surface area (Å²) in [4.78, 5) is 20.5. The molecule has 25 heavy (non-hydrogen) atoms. The van der Waals surface area contributed by atoms with Gasteiger partial charge in [0.1, 0.15) is 11.9 Å². The minimum Gasteiger partial charge on any atom is -0.352 e. The number of piperazine rings is 1. The Balaban J connectivity index is 1.61. The van der Waals surface area contributed by atoms with Gasteiger partial charge < -0.3 is 15.1 Å². The third kappa shape index (κ3) is 3.83. The topological polar surface area (TPSA) is 72.3 Å². The minimum atomic E-state index is -0.152. The van der Waals surface area contributed by atoms with E-state index in [1.807, 2.05) is 24.0 Å². The second-order valence-corrected chi connectivity index (χ2v) is 6.26. The fourth-order valence-corrected chi connectivity index (χ4v) is 2.91. The van der Waals surface area contributed by atoms with Gasteiger partial charge in [-0.05, 0) is 36.8 Å². The molecule has 1 aromatic carbocycles. The molecule has 2 amide bonds. The number of pyridine rings is 1. The van der Waals surface area contributed by atoms with Crippen LogP contribution in [0.15, 0.2) is 36.5 Å². The number of nitrogens with zero attached hydrogens (tertiary/aromatic N) is 4. The zero-order valence-corrected chi connectivity index (χ0v) is 14.6. The van der Waals surface area contributed by atoms with Gasteiger partial charge in [-0.25, -0.2) is 9.78 Å². The third-order valence-corrected chi connectivity index (χ3v) is 4.60. The highest BCUT2D eigenvalue weighted by atomic mass is 35.5. The van der Waals surface area contributed by atoms with E-state index in [9.17, 15) is 10.1 Å². The standard InChI is InChI=1S/C18H18ClN5O/c1-13-4-5-15(11-16(13)19)22-18(25)24-9-7-23(8-10-24)17-14(12-20)3-2-6-21-17/h2-6,11H,7-10H2,1H3,(H,22,25). The monoisotopic (exact) mass is 355 g/mol. The molecule has 0 radical (unpaired) electrons. The molecule has 1 aromatic heterocycles. The lowest BCUT2D eigenvalue weighted by Gasteiger charge is -2.35. The molecule has 1 aliphatic rings. The molecule has 2 aromatic rings. The Hall–Kier alpha value is -2.78. The number of nitrogens with one attached hydrogen (secondary N) is 1. The van der Waals surface area contributed by atoms with E-state index < -0.39 is 0 Å². The smallest absolute Gasteiger partial charge is 0.321 e. The number of aromatic nitrogens is 1. The Morgan fingerprint density at radius 3 is 2.72 bits per heavy atom. The molecule has 2 heterocycles. The minimum absolute atomic E-state index is 0.152. The number of nitriles is 1. The van der Waals surface area contributed by atoms with E-state index in [4.69, 9.17) is 11.6 Å². The Bertz CT molecular complexity index is 824. The zero-order chi connectivity index (χ0) is 17.8. The van der Waals surface area contributed by atoms with Gasteiger partial charge in [-0.3, -0.25) is 0 Å². The van der Waals surface area contributed by atoms with Gasteiger partial charge in [0.05, 0.1) is 5.56 Å². The maximum Gasteiger partial charge on any atom is 0.321 e. The van der Waals surface area contributed by atoms with E-state index in [2.05, 4.69) is 16.4 Å². The second kappa shape index (κ2) is 7.41. The highest BCUT2D eigenvalue weighted by molar-refractivity contribution is 6.31. The zero-order valence-electron chi connectivity index (χ0n) is 13.9. The molecule has 1 N–H and O–H groups in total. The van der Waals surface area contributed by atoms with Crippen molar-refractivity contribution in [2.75, 3.05) is 36.4 Å². The normalized spacial score (nSPS) is 14.1. The summed E-state index contributed by atoms with van der Waals surface area (Å²) >= 11 is 6.09. The highest BCUT2D eigenvalue weighted by Crippen LogP contribution is 2.21. The van der Waals surface area contributed by atoms with Crippen molar-refractivity contribution in [2.24, 2.45) is 0 Å². The summed E-state index contributed by atoms with van der Waals surface area (Å²) in [5, 5.41) is 12.7. The van der Waals surface area contributed by atoms with Gasteiger partial charge in [-0.1, -0.05) is 17.7 Å². The van der Waals surface area contributed by atoms with E-state index >= 15 is 0 Å². The predicted octanol–water partition coefficient (Wildman–Crippen LogP) is 3.27. The fraction of sp³-hybridized carbons (Fsp3) is 0.278. The molecule has 3 rings (SSSR count). The van der Waals surface area contributed by atoms with Crippen molar-refractivity contribution in [3.05, 3.63) is 52.7 Å². The van der Waals surface area contributed by atoms with E-state index in [-0.39, 0.29) is 6.03 Å². The molecule has 1 saturated heterocycles. The van der Waals surface area contributed by atoms with Crippen molar-refractivity contribution in [3.63, 3.8) is 0 Å². The highest BCUT2D eigenvalue weighted by Gasteiger charge is 2.23. The molecule has 1 aliphatic heterocycles. The first-order valence-electron chi connectivity index (χ1n) is 8.00. The lowest BCUT2D eigenvalue weighted by molar-refractivity contribution is 0.208. The van der Waals surface area contributed by atoms with E-state index in [1.54, 1.807) is 29.3 Å². The van der Waals surface area contributed by atoms with E-state index in [1.165, 1.54) is 0 Å². The number of amides is 2. The van der Waals surface area contributed by atoms with Crippen LogP contribution in [0.5, 0.6) is 0 Å². The van der Waals surface area contributed by atoms with Crippen LogP contribution < -0.4 is 10.2 Å². The summed E-state index contributed by atoms with van der Waals surface area (Å²) in [6, 6.07) is 11.0. The largest absolute Gasteiger partial charge is 0.352 e. The van der Waals surface area contributed by atoms with Crippen LogP contribution in [-0.2, 0) is 0 Å². The number of carbonyl (C=O) groups is 1. The Morgan fingerprint density at radius 2 is 2.04 bits per heavy atom. The first kappa shape index (κ1) is 17.1. The van der Waals surface area contributed by atoms with Gasteiger partial charge in [0.25, 0.3) is 0 Å². The molecule has 0 spiro atoms. The number of benzene rings is 1. The summed E-state index contributed by atoms with van der Waals surface area (Å²) < 4.78 is 0. The number of anilines is 2. The first-order valence-corrected chi connectivity index (χ1v) is 8.38. The molecule has 0 bridgehead atoms. The maximum atomic E-state index is 12.4. The van der Waals surface area contributed by atoms with Crippen LogP contribution in [0.3, 0.4) is 0 Å². The maximum absolute atomic E-state index is 12.4. The Kier molecular flexibility index (Phi) is 5.05. The average Bonchev–Trinajstić information content (AvgIpc) is 2.65. The number of hydrogen-bond acceptors (Lipinski definition) is 4. The van der Waals surface area contributed by atoms with Crippen LogP contribution in [0, 0.1) is 18.3 Å². The molecule has 128 valence electrons. The summed E-state index contributed by atoms with van der Waals surface area (Å²) in [7, 11) is 0. The van der Waals surface area contributed by atoms with E-state index in [0.29, 0.717) is 48.3 Å². The molecular formula is C18H18ClN5O. The molecule has 0 unspecified atom stereocenters.